The minimum atomic E-state index is -0.365. The van der Waals surface area contributed by atoms with Crippen LogP contribution in [0.1, 0.15) is 5.56 Å². The molecule has 1 aromatic heterocycles. The summed E-state index contributed by atoms with van der Waals surface area (Å²) in [5.41, 5.74) is 0.755. The van der Waals surface area contributed by atoms with Crippen LogP contribution in [0.2, 0.25) is 0 Å². The third-order valence-electron chi connectivity index (χ3n) is 2.04. The van der Waals surface area contributed by atoms with Crippen molar-refractivity contribution in [3.8, 4) is 0 Å². The minimum absolute atomic E-state index is 0.365. The highest BCUT2D eigenvalue weighted by molar-refractivity contribution is 7.98. The Labute approximate surface area is 90.9 Å². The van der Waals surface area contributed by atoms with E-state index in [4.69, 9.17) is 0 Å². The van der Waals surface area contributed by atoms with E-state index in [1.54, 1.807) is 16.4 Å². The number of hydrogen-bond acceptors (Lipinski definition) is 3. The maximum atomic E-state index is 10.8. The molecular formula is C10H11N2O2S+. The van der Waals surface area contributed by atoms with Crippen molar-refractivity contribution in [3.05, 3.63) is 46.4 Å². The van der Waals surface area contributed by atoms with E-state index in [1.165, 1.54) is 11.1 Å². The fraction of sp³-hybridized carbons (Fsp3) is 0.200. The number of thioether (sulfide) groups is 1. The summed E-state index contributed by atoms with van der Waals surface area (Å²) < 4.78 is 6.17. The molecule has 0 spiro atoms. The standard InChI is InChI=1S/C10H10N2O2S/c1-15-9-4-2-8(3-5-9)6-12-7-10(13)14-11-12/h2-5,7H,6H2,1H3/p+1. The lowest BCUT2D eigenvalue weighted by Crippen LogP contribution is -2.35. The second kappa shape index (κ2) is 4.35. The van der Waals surface area contributed by atoms with Crippen LogP contribution in [0.5, 0.6) is 0 Å². The average molecular weight is 223 g/mol. The molecule has 0 bridgehead atoms. The first kappa shape index (κ1) is 10.0. The number of H-pyrrole nitrogens is 1. The summed E-state index contributed by atoms with van der Waals surface area (Å²) in [6.45, 7) is 0.612. The van der Waals surface area contributed by atoms with Crippen LogP contribution >= 0.6 is 11.8 Å². The second-order valence-electron chi connectivity index (χ2n) is 3.12. The molecule has 0 fully saturated rings. The molecule has 0 amide bonds. The fourth-order valence-electron chi connectivity index (χ4n) is 1.29. The van der Waals surface area contributed by atoms with Gasteiger partial charge in [0.25, 0.3) is 6.20 Å². The summed E-state index contributed by atoms with van der Waals surface area (Å²) in [6, 6.07) is 8.17. The van der Waals surface area contributed by atoms with Crippen molar-refractivity contribution in [2.45, 2.75) is 11.4 Å². The van der Waals surface area contributed by atoms with Gasteiger partial charge in [0, 0.05) is 10.5 Å². The summed E-state index contributed by atoms with van der Waals surface area (Å²) in [4.78, 5) is 12.0. The summed E-state index contributed by atoms with van der Waals surface area (Å²) >= 11 is 1.70. The predicted molar refractivity (Wildman–Crippen MR) is 56.8 cm³/mol. The van der Waals surface area contributed by atoms with Gasteiger partial charge in [-0.1, -0.05) is 16.8 Å². The zero-order chi connectivity index (χ0) is 10.7. The summed E-state index contributed by atoms with van der Waals surface area (Å²) in [6.07, 6.45) is 3.43. The van der Waals surface area contributed by atoms with Gasteiger partial charge in [0.05, 0.1) is 0 Å². The highest BCUT2D eigenvalue weighted by atomic mass is 32.2. The van der Waals surface area contributed by atoms with Gasteiger partial charge in [0.2, 0.25) is 6.54 Å². The van der Waals surface area contributed by atoms with E-state index in [2.05, 4.69) is 21.9 Å². The molecule has 5 heteroatoms. The number of hydrogen-bond donors (Lipinski definition) is 1. The van der Waals surface area contributed by atoms with E-state index in [9.17, 15) is 4.79 Å². The van der Waals surface area contributed by atoms with E-state index in [1.807, 2.05) is 18.4 Å². The molecule has 0 saturated heterocycles. The van der Waals surface area contributed by atoms with Gasteiger partial charge in [-0.3, -0.25) is 4.52 Å². The van der Waals surface area contributed by atoms with Crippen molar-refractivity contribution in [1.82, 2.24) is 5.27 Å². The second-order valence-corrected chi connectivity index (χ2v) is 4.00. The van der Waals surface area contributed by atoms with Crippen molar-refractivity contribution < 1.29 is 9.20 Å². The van der Waals surface area contributed by atoms with Gasteiger partial charge in [-0.25, -0.2) is 4.79 Å². The molecule has 0 aliphatic heterocycles. The molecule has 0 radical (unpaired) electrons. The number of benzene rings is 1. The van der Waals surface area contributed by atoms with Gasteiger partial charge < -0.3 is 0 Å². The van der Waals surface area contributed by atoms with Crippen LogP contribution in [0.3, 0.4) is 0 Å². The first-order valence-electron chi connectivity index (χ1n) is 4.49. The largest absolute Gasteiger partial charge is 0.426 e. The quantitative estimate of drug-likeness (QED) is 0.624. The van der Waals surface area contributed by atoms with E-state index in [0.29, 0.717) is 6.54 Å². The van der Waals surface area contributed by atoms with Crippen molar-refractivity contribution in [2.24, 2.45) is 0 Å². The van der Waals surface area contributed by atoms with Crippen molar-refractivity contribution in [3.63, 3.8) is 0 Å². The summed E-state index contributed by atoms with van der Waals surface area (Å²) in [5.74, 6) is 0. The number of aromatic amines is 1. The zero-order valence-electron chi connectivity index (χ0n) is 8.27. The van der Waals surface area contributed by atoms with Gasteiger partial charge in [-0.05, 0) is 23.7 Å². The van der Waals surface area contributed by atoms with Crippen LogP contribution in [0.15, 0.2) is 44.7 Å². The highest BCUT2D eigenvalue weighted by Gasteiger charge is 2.06. The Bertz CT molecular complexity index is 487. The highest BCUT2D eigenvalue weighted by Crippen LogP contribution is 2.14. The number of rotatable bonds is 3. The Morgan fingerprint density at radius 1 is 1.40 bits per heavy atom. The summed E-state index contributed by atoms with van der Waals surface area (Å²) in [7, 11) is 0. The monoisotopic (exact) mass is 223 g/mol. The molecule has 0 unspecified atom stereocenters. The zero-order valence-corrected chi connectivity index (χ0v) is 9.08. The molecule has 4 nitrogen and oxygen atoms in total. The molecule has 2 rings (SSSR count). The number of nitrogens with one attached hydrogen (secondary N) is 1. The minimum Gasteiger partial charge on any atom is -0.284 e. The molecule has 1 heterocycles. The van der Waals surface area contributed by atoms with Crippen molar-refractivity contribution >= 4 is 11.8 Å². The molecule has 15 heavy (non-hydrogen) atoms. The maximum absolute atomic E-state index is 10.8. The first-order chi connectivity index (χ1) is 7.28. The van der Waals surface area contributed by atoms with Gasteiger partial charge in [-0.2, -0.15) is 0 Å². The third-order valence-corrected chi connectivity index (χ3v) is 2.78. The molecule has 0 atom stereocenters. The van der Waals surface area contributed by atoms with Crippen LogP contribution in [0.25, 0.3) is 0 Å². The maximum Gasteiger partial charge on any atom is 0.426 e. The van der Waals surface area contributed by atoms with Crippen LogP contribution in [0.4, 0.5) is 0 Å². The number of nitrogens with zero attached hydrogens (tertiary/aromatic N) is 1. The van der Waals surface area contributed by atoms with Gasteiger partial charge in [0.1, 0.15) is 0 Å². The van der Waals surface area contributed by atoms with E-state index < -0.39 is 0 Å². The Morgan fingerprint density at radius 2 is 2.13 bits per heavy atom. The lowest BCUT2D eigenvalue weighted by molar-refractivity contribution is -0.754. The smallest absolute Gasteiger partial charge is 0.284 e. The van der Waals surface area contributed by atoms with Gasteiger partial charge >= 0.3 is 5.63 Å². The van der Waals surface area contributed by atoms with Gasteiger partial charge in [-0.15, -0.1) is 11.8 Å². The van der Waals surface area contributed by atoms with E-state index in [0.717, 1.165) is 5.56 Å². The lowest BCUT2D eigenvalue weighted by Gasteiger charge is -1.96. The lowest BCUT2D eigenvalue weighted by atomic mass is 10.2. The average Bonchev–Trinajstić information content (AvgIpc) is 2.65. The van der Waals surface area contributed by atoms with Crippen molar-refractivity contribution in [2.75, 3.05) is 6.26 Å². The normalized spacial score (nSPS) is 10.5. The first-order valence-corrected chi connectivity index (χ1v) is 5.71. The Morgan fingerprint density at radius 3 is 2.67 bits per heavy atom. The Kier molecular flexibility index (Phi) is 2.91. The molecule has 2 aromatic rings. The SMILES string of the molecule is CSc1ccc(C[n+]2cc(=O)o[nH]2)cc1. The Balaban J connectivity index is 2.14. The van der Waals surface area contributed by atoms with E-state index >= 15 is 0 Å². The summed E-state index contributed by atoms with van der Waals surface area (Å²) in [5, 5.41) is 2.51. The fourth-order valence-corrected chi connectivity index (χ4v) is 1.70. The molecule has 1 N–H and O–H groups in total. The van der Waals surface area contributed by atoms with Crippen LogP contribution < -0.4 is 10.3 Å². The molecule has 1 aromatic carbocycles. The van der Waals surface area contributed by atoms with Gasteiger partial charge in [0.15, 0.2) is 0 Å². The molecule has 0 aliphatic carbocycles. The molecule has 78 valence electrons. The van der Waals surface area contributed by atoms with Crippen LogP contribution in [-0.2, 0) is 6.54 Å². The number of aromatic nitrogens is 2. The Hall–Kier alpha value is -1.49. The van der Waals surface area contributed by atoms with Crippen molar-refractivity contribution in [1.29, 1.82) is 0 Å². The third kappa shape index (κ3) is 2.50. The van der Waals surface area contributed by atoms with Crippen LogP contribution in [0, 0.1) is 0 Å². The van der Waals surface area contributed by atoms with E-state index in [-0.39, 0.29) is 5.63 Å². The molecule has 0 saturated carbocycles. The molecular weight excluding hydrogens is 212 g/mol. The molecule has 0 aliphatic rings. The van der Waals surface area contributed by atoms with Crippen LogP contribution in [-0.4, -0.2) is 11.5 Å². The predicted octanol–water partition coefficient (Wildman–Crippen LogP) is 1.03. The topological polar surface area (TPSA) is 49.9 Å².